The average molecular weight is 436 g/mol. The summed E-state index contributed by atoms with van der Waals surface area (Å²) in [5.41, 5.74) is 2.36. The lowest BCUT2D eigenvalue weighted by Crippen LogP contribution is -2.43. The number of anilines is 1. The van der Waals surface area contributed by atoms with Crippen molar-refractivity contribution in [1.29, 1.82) is 0 Å². The molecule has 1 amide bonds. The fourth-order valence-corrected chi connectivity index (χ4v) is 4.79. The Morgan fingerprint density at radius 1 is 1.23 bits per heavy atom. The quantitative estimate of drug-likeness (QED) is 0.629. The molecule has 2 aromatic rings. The number of primary sulfonamides is 1. The number of hydrogen-bond acceptors (Lipinski definition) is 6. The van der Waals surface area contributed by atoms with Gasteiger partial charge in [0.05, 0.1) is 12.8 Å². The molecule has 1 aromatic carbocycles. The zero-order valence-electron chi connectivity index (χ0n) is 17.8. The van der Waals surface area contributed by atoms with Gasteiger partial charge in [0.1, 0.15) is 16.3 Å². The molecule has 1 aliphatic heterocycles. The van der Waals surface area contributed by atoms with E-state index in [1.54, 1.807) is 13.8 Å². The van der Waals surface area contributed by atoms with E-state index >= 15 is 0 Å². The van der Waals surface area contributed by atoms with E-state index in [1.165, 1.54) is 7.11 Å². The van der Waals surface area contributed by atoms with Crippen LogP contribution in [0.15, 0.2) is 23.1 Å². The fourth-order valence-electron chi connectivity index (χ4n) is 3.79. The second-order valence-corrected chi connectivity index (χ2v) is 9.19. The first kappa shape index (κ1) is 22.3. The summed E-state index contributed by atoms with van der Waals surface area (Å²) in [6.07, 6.45) is 0. The Morgan fingerprint density at radius 2 is 1.90 bits per heavy atom. The van der Waals surface area contributed by atoms with Gasteiger partial charge in [-0.05, 0) is 44.2 Å². The van der Waals surface area contributed by atoms with Crippen LogP contribution in [0.2, 0.25) is 0 Å². The minimum Gasteiger partial charge on any atom is -0.495 e. The third-order valence-corrected chi connectivity index (χ3v) is 6.58. The van der Waals surface area contributed by atoms with Crippen LogP contribution in [0, 0.1) is 13.8 Å². The number of carbonyl (C=O) groups excluding carboxylic acids is 1. The second kappa shape index (κ2) is 8.76. The van der Waals surface area contributed by atoms with Crippen molar-refractivity contribution in [1.82, 2.24) is 14.8 Å². The van der Waals surface area contributed by atoms with Crippen LogP contribution in [0.5, 0.6) is 5.75 Å². The predicted octanol–water partition coefficient (Wildman–Crippen LogP) is 1.29. The first-order chi connectivity index (χ1) is 14.1. The van der Waals surface area contributed by atoms with Crippen LogP contribution in [0.1, 0.15) is 27.3 Å². The predicted molar refractivity (Wildman–Crippen MR) is 115 cm³/mol. The summed E-state index contributed by atoms with van der Waals surface area (Å²) in [6.45, 7) is 7.93. The molecule has 9 nitrogen and oxygen atoms in total. The highest BCUT2D eigenvalue weighted by molar-refractivity contribution is 7.89. The van der Waals surface area contributed by atoms with Gasteiger partial charge in [-0.3, -0.25) is 9.69 Å². The average Bonchev–Trinajstić information content (AvgIpc) is 2.98. The molecule has 0 aliphatic carbocycles. The summed E-state index contributed by atoms with van der Waals surface area (Å²) in [6, 6.07) is 5.69. The van der Waals surface area contributed by atoms with Crippen LogP contribution in [-0.2, 0) is 16.6 Å². The lowest BCUT2D eigenvalue weighted by molar-refractivity contribution is 0.102. The molecule has 164 valence electrons. The molecular formula is C20H29N5O4S. The molecule has 1 saturated heterocycles. The van der Waals surface area contributed by atoms with Gasteiger partial charge in [0.15, 0.2) is 0 Å². The number of nitrogens with zero attached hydrogens (tertiary/aromatic N) is 2. The topological polar surface area (TPSA) is 121 Å². The highest BCUT2D eigenvalue weighted by Crippen LogP contribution is 2.28. The second-order valence-electron chi connectivity index (χ2n) is 7.69. The molecule has 1 fully saturated rings. The Labute approximate surface area is 177 Å². The van der Waals surface area contributed by atoms with Crippen molar-refractivity contribution in [2.75, 3.05) is 45.7 Å². The van der Waals surface area contributed by atoms with Gasteiger partial charge in [0.2, 0.25) is 10.0 Å². The monoisotopic (exact) mass is 435 g/mol. The van der Waals surface area contributed by atoms with E-state index in [1.807, 2.05) is 18.2 Å². The summed E-state index contributed by atoms with van der Waals surface area (Å²) < 4.78 is 29.0. The van der Waals surface area contributed by atoms with Crippen LogP contribution >= 0.6 is 0 Å². The number of benzene rings is 1. The van der Waals surface area contributed by atoms with Crippen molar-refractivity contribution in [2.45, 2.75) is 25.3 Å². The van der Waals surface area contributed by atoms with E-state index in [0.717, 1.165) is 38.3 Å². The molecule has 0 radical (unpaired) electrons. The van der Waals surface area contributed by atoms with Gasteiger partial charge in [-0.2, -0.15) is 0 Å². The van der Waals surface area contributed by atoms with E-state index in [0.29, 0.717) is 22.7 Å². The van der Waals surface area contributed by atoms with Crippen LogP contribution in [0.3, 0.4) is 0 Å². The highest BCUT2D eigenvalue weighted by atomic mass is 32.2. The molecule has 0 saturated carbocycles. The molecule has 3 rings (SSSR count). The molecule has 30 heavy (non-hydrogen) atoms. The van der Waals surface area contributed by atoms with Crippen LogP contribution in [0.4, 0.5) is 5.69 Å². The number of ether oxygens (including phenoxy) is 1. The number of aromatic amines is 1. The van der Waals surface area contributed by atoms with Crippen molar-refractivity contribution < 1.29 is 17.9 Å². The van der Waals surface area contributed by atoms with Gasteiger partial charge < -0.3 is 19.9 Å². The zero-order valence-corrected chi connectivity index (χ0v) is 18.6. The molecule has 0 unspecified atom stereocenters. The standard InChI is InChI=1S/C20H29N5O4S/c1-13-18(22-14(2)19(13)30(21,27)28)20(26)23-16-11-15(5-6-17(16)29-4)12-25-9-7-24(3)8-10-25/h5-6,11,22H,7-10,12H2,1-4H3,(H,23,26)(H2,21,27,28). The number of hydrogen-bond donors (Lipinski definition) is 3. The molecule has 1 aliphatic rings. The molecule has 0 atom stereocenters. The molecule has 1 aromatic heterocycles. The van der Waals surface area contributed by atoms with Crippen LogP contribution in [0.25, 0.3) is 0 Å². The van der Waals surface area contributed by atoms with Crippen LogP contribution < -0.4 is 15.2 Å². The minimum absolute atomic E-state index is 0.0524. The minimum atomic E-state index is -3.93. The normalized spacial score (nSPS) is 15.9. The number of carbonyl (C=O) groups is 1. The molecular weight excluding hydrogens is 406 g/mol. The third-order valence-electron chi connectivity index (χ3n) is 5.39. The summed E-state index contributed by atoms with van der Waals surface area (Å²) in [7, 11) is -0.283. The zero-order chi connectivity index (χ0) is 22.1. The summed E-state index contributed by atoms with van der Waals surface area (Å²) in [5, 5.41) is 8.12. The van der Waals surface area contributed by atoms with E-state index in [4.69, 9.17) is 9.88 Å². The molecule has 0 spiro atoms. The third kappa shape index (κ3) is 4.84. The van der Waals surface area contributed by atoms with Crippen molar-refractivity contribution in [3.8, 4) is 5.75 Å². The SMILES string of the molecule is COc1ccc(CN2CCN(C)CC2)cc1NC(=O)c1[nH]c(C)c(S(N)(=O)=O)c1C. The number of H-pyrrole nitrogens is 1. The smallest absolute Gasteiger partial charge is 0.272 e. The number of nitrogens with one attached hydrogen (secondary N) is 2. The first-order valence-electron chi connectivity index (χ1n) is 9.71. The van der Waals surface area contributed by atoms with E-state index in [2.05, 4.69) is 27.1 Å². The Kier molecular flexibility index (Phi) is 6.51. The number of methoxy groups -OCH3 is 1. The fraction of sp³-hybridized carbons (Fsp3) is 0.450. The van der Waals surface area contributed by atoms with Gasteiger partial charge >= 0.3 is 0 Å². The molecule has 2 heterocycles. The van der Waals surface area contributed by atoms with Crippen LogP contribution in [-0.4, -0.2) is 69.4 Å². The summed E-state index contributed by atoms with van der Waals surface area (Å²) in [5.74, 6) is 0.0682. The maximum atomic E-state index is 12.9. The van der Waals surface area contributed by atoms with Gasteiger partial charge in [0.25, 0.3) is 5.91 Å². The molecule has 10 heteroatoms. The Balaban J connectivity index is 1.82. The van der Waals surface area contributed by atoms with Gasteiger partial charge in [-0.1, -0.05) is 6.07 Å². The van der Waals surface area contributed by atoms with Crippen molar-refractivity contribution in [2.24, 2.45) is 5.14 Å². The number of aryl methyl sites for hydroxylation is 1. The van der Waals surface area contributed by atoms with Crippen molar-refractivity contribution >= 4 is 21.6 Å². The lowest BCUT2D eigenvalue weighted by atomic mass is 10.1. The van der Waals surface area contributed by atoms with Crippen molar-refractivity contribution in [3.05, 3.63) is 40.7 Å². The highest BCUT2D eigenvalue weighted by Gasteiger charge is 2.24. The Hall–Kier alpha value is -2.40. The van der Waals surface area contributed by atoms with Gasteiger partial charge in [0, 0.05) is 38.4 Å². The summed E-state index contributed by atoms with van der Waals surface area (Å²) >= 11 is 0. The first-order valence-corrected chi connectivity index (χ1v) is 11.3. The largest absolute Gasteiger partial charge is 0.495 e. The molecule has 0 bridgehead atoms. The number of rotatable bonds is 6. The maximum Gasteiger partial charge on any atom is 0.272 e. The van der Waals surface area contributed by atoms with Gasteiger partial charge in [-0.25, -0.2) is 13.6 Å². The number of piperazine rings is 1. The van der Waals surface area contributed by atoms with E-state index < -0.39 is 15.9 Å². The van der Waals surface area contributed by atoms with Crippen molar-refractivity contribution in [3.63, 3.8) is 0 Å². The van der Waals surface area contributed by atoms with Gasteiger partial charge in [-0.15, -0.1) is 0 Å². The Morgan fingerprint density at radius 3 is 2.47 bits per heavy atom. The number of sulfonamides is 1. The number of nitrogens with two attached hydrogens (primary N) is 1. The lowest BCUT2D eigenvalue weighted by Gasteiger charge is -2.32. The summed E-state index contributed by atoms with van der Waals surface area (Å²) in [4.78, 5) is 20.3. The van der Waals surface area contributed by atoms with E-state index in [-0.39, 0.29) is 10.6 Å². The molecule has 4 N–H and O–H groups in total. The number of amides is 1. The maximum absolute atomic E-state index is 12.9. The Bertz CT molecular complexity index is 1040. The number of likely N-dealkylation sites (N-methyl/N-ethyl adjacent to an activating group) is 1. The number of aromatic nitrogens is 1. The van der Waals surface area contributed by atoms with E-state index in [9.17, 15) is 13.2 Å².